The van der Waals surface area contributed by atoms with Crippen LogP contribution < -0.4 is 5.56 Å². The number of para-hydroxylation sites is 1. The van der Waals surface area contributed by atoms with Gasteiger partial charge in [0.2, 0.25) is 0 Å². The van der Waals surface area contributed by atoms with Gasteiger partial charge in [-0.15, -0.1) is 0 Å². The maximum Gasteiger partial charge on any atom is 0.266 e. The summed E-state index contributed by atoms with van der Waals surface area (Å²) in [5.41, 5.74) is 3.73. The summed E-state index contributed by atoms with van der Waals surface area (Å²) >= 11 is 7.57. The predicted molar refractivity (Wildman–Crippen MR) is 137 cm³/mol. The van der Waals surface area contributed by atoms with Crippen molar-refractivity contribution in [1.29, 1.82) is 0 Å². The molecule has 0 saturated carbocycles. The van der Waals surface area contributed by atoms with E-state index in [0.29, 0.717) is 39.7 Å². The van der Waals surface area contributed by atoms with Crippen LogP contribution in [0.25, 0.3) is 16.6 Å². The van der Waals surface area contributed by atoms with Gasteiger partial charge < -0.3 is 0 Å². The van der Waals surface area contributed by atoms with Crippen LogP contribution >= 0.6 is 23.4 Å². The highest BCUT2D eigenvalue weighted by molar-refractivity contribution is 7.99. The lowest BCUT2D eigenvalue weighted by Gasteiger charge is -2.16. The van der Waals surface area contributed by atoms with Crippen molar-refractivity contribution in [2.45, 2.75) is 18.5 Å². The van der Waals surface area contributed by atoms with E-state index in [-0.39, 0.29) is 17.2 Å². The number of fused-ring (bicyclic) bond motifs is 1. The van der Waals surface area contributed by atoms with Crippen LogP contribution in [0.1, 0.15) is 17.5 Å². The SMILES string of the molecule is Cc1c(Cl)cccc1-n1c(SCC(=O)N2CCC(c3ccccc3)=N2)nc2ccccc2c1=O. The Hall–Kier alpha value is -3.42. The van der Waals surface area contributed by atoms with E-state index in [1.807, 2.05) is 55.5 Å². The van der Waals surface area contributed by atoms with E-state index in [1.165, 1.54) is 16.8 Å². The van der Waals surface area contributed by atoms with E-state index >= 15 is 0 Å². The van der Waals surface area contributed by atoms with Gasteiger partial charge in [-0.3, -0.25) is 14.2 Å². The summed E-state index contributed by atoms with van der Waals surface area (Å²) in [6, 6.07) is 22.5. The summed E-state index contributed by atoms with van der Waals surface area (Å²) in [4.78, 5) is 31.2. The number of hydrazone groups is 1. The zero-order valence-electron chi connectivity index (χ0n) is 18.4. The van der Waals surface area contributed by atoms with Crippen molar-refractivity contribution in [3.63, 3.8) is 0 Å². The highest BCUT2D eigenvalue weighted by Crippen LogP contribution is 2.27. The molecule has 0 atom stereocenters. The minimum absolute atomic E-state index is 0.107. The Bertz CT molecular complexity index is 1480. The number of aromatic nitrogens is 2. The number of hydrogen-bond acceptors (Lipinski definition) is 5. The molecule has 0 unspecified atom stereocenters. The van der Waals surface area contributed by atoms with Crippen molar-refractivity contribution in [3.8, 4) is 5.69 Å². The molecule has 1 aromatic heterocycles. The smallest absolute Gasteiger partial charge is 0.266 e. The van der Waals surface area contributed by atoms with Crippen LogP contribution in [0.4, 0.5) is 0 Å². The van der Waals surface area contributed by atoms with Gasteiger partial charge in [0.1, 0.15) is 0 Å². The fraction of sp³-hybridized carbons (Fsp3) is 0.154. The maximum absolute atomic E-state index is 13.5. The summed E-state index contributed by atoms with van der Waals surface area (Å²) < 4.78 is 1.55. The molecule has 1 aliphatic rings. The molecule has 4 aromatic rings. The van der Waals surface area contributed by atoms with Gasteiger partial charge in [0, 0.05) is 11.4 Å². The molecule has 2 heterocycles. The molecular formula is C26H21ClN4O2S. The van der Waals surface area contributed by atoms with Gasteiger partial charge in [-0.2, -0.15) is 5.10 Å². The highest BCUT2D eigenvalue weighted by Gasteiger charge is 2.23. The Labute approximate surface area is 205 Å². The van der Waals surface area contributed by atoms with Crippen LogP contribution in [0.3, 0.4) is 0 Å². The van der Waals surface area contributed by atoms with E-state index in [9.17, 15) is 9.59 Å². The average Bonchev–Trinajstić information content (AvgIpc) is 3.36. The molecule has 0 radical (unpaired) electrons. The van der Waals surface area contributed by atoms with Crippen LogP contribution in [0.5, 0.6) is 0 Å². The molecule has 170 valence electrons. The molecule has 0 saturated heterocycles. The van der Waals surface area contributed by atoms with E-state index < -0.39 is 0 Å². The lowest BCUT2D eigenvalue weighted by Crippen LogP contribution is -2.27. The van der Waals surface area contributed by atoms with Gasteiger partial charge in [-0.1, -0.05) is 71.9 Å². The van der Waals surface area contributed by atoms with E-state index in [1.54, 1.807) is 28.8 Å². The fourth-order valence-corrected chi connectivity index (χ4v) is 4.98. The van der Waals surface area contributed by atoms with Crippen molar-refractivity contribution >= 4 is 45.9 Å². The molecular weight excluding hydrogens is 468 g/mol. The molecule has 0 bridgehead atoms. The van der Waals surface area contributed by atoms with Crippen LogP contribution in [0.2, 0.25) is 5.02 Å². The van der Waals surface area contributed by atoms with Crippen molar-refractivity contribution in [1.82, 2.24) is 14.6 Å². The van der Waals surface area contributed by atoms with Gasteiger partial charge in [-0.05, 0) is 42.3 Å². The first-order valence-electron chi connectivity index (χ1n) is 10.9. The van der Waals surface area contributed by atoms with Crippen molar-refractivity contribution in [2.24, 2.45) is 5.10 Å². The topological polar surface area (TPSA) is 67.6 Å². The van der Waals surface area contributed by atoms with Gasteiger partial charge >= 0.3 is 0 Å². The van der Waals surface area contributed by atoms with E-state index in [4.69, 9.17) is 16.6 Å². The third kappa shape index (κ3) is 4.24. The minimum Gasteiger partial charge on any atom is -0.272 e. The average molecular weight is 489 g/mol. The largest absolute Gasteiger partial charge is 0.272 e. The molecule has 6 nitrogen and oxygen atoms in total. The first kappa shape index (κ1) is 22.4. The third-order valence-corrected chi connectivity index (χ3v) is 7.08. The van der Waals surface area contributed by atoms with Crippen molar-refractivity contribution in [2.75, 3.05) is 12.3 Å². The molecule has 0 N–H and O–H groups in total. The first-order valence-corrected chi connectivity index (χ1v) is 12.2. The summed E-state index contributed by atoms with van der Waals surface area (Å²) in [5, 5.41) is 7.54. The number of benzene rings is 3. The summed E-state index contributed by atoms with van der Waals surface area (Å²) in [5.74, 6) is -0.0246. The monoisotopic (exact) mass is 488 g/mol. The Kier molecular flexibility index (Phi) is 6.22. The summed E-state index contributed by atoms with van der Waals surface area (Å²) in [7, 11) is 0. The molecule has 8 heteroatoms. The number of rotatable bonds is 5. The van der Waals surface area contributed by atoms with Crippen LogP contribution in [-0.2, 0) is 4.79 Å². The number of carbonyl (C=O) groups is 1. The maximum atomic E-state index is 13.5. The molecule has 0 fully saturated rings. The number of hydrogen-bond donors (Lipinski definition) is 0. The van der Waals surface area contributed by atoms with Crippen LogP contribution in [-0.4, -0.2) is 38.5 Å². The first-order chi connectivity index (χ1) is 16.5. The number of carbonyl (C=O) groups excluding carboxylic acids is 1. The molecule has 5 rings (SSSR count). The van der Waals surface area contributed by atoms with Crippen molar-refractivity contribution < 1.29 is 4.79 Å². The number of amides is 1. The second-order valence-corrected chi connectivity index (χ2v) is 9.25. The van der Waals surface area contributed by atoms with E-state index in [2.05, 4.69) is 5.10 Å². The van der Waals surface area contributed by atoms with Gasteiger partial charge in [0.15, 0.2) is 5.16 Å². The lowest BCUT2D eigenvalue weighted by molar-refractivity contribution is -0.127. The third-order valence-electron chi connectivity index (χ3n) is 5.75. The number of thioether (sulfide) groups is 1. The molecule has 0 spiro atoms. The minimum atomic E-state index is -0.198. The second kappa shape index (κ2) is 9.44. The fourth-order valence-electron chi connectivity index (χ4n) is 3.93. The van der Waals surface area contributed by atoms with E-state index in [0.717, 1.165) is 16.8 Å². The summed E-state index contributed by atoms with van der Waals surface area (Å²) in [6.07, 6.45) is 0.709. The van der Waals surface area contributed by atoms with Crippen LogP contribution in [0.15, 0.2) is 87.8 Å². The number of halogens is 1. The molecule has 3 aromatic carbocycles. The second-order valence-electron chi connectivity index (χ2n) is 7.90. The quantitative estimate of drug-likeness (QED) is 0.290. The van der Waals surface area contributed by atoms with Gasteiger partial charge in [0.05, 0.1) is 34.6 Å². The Balaban J connectivity index is 1.47. The molecule has 0 aliphatic carbocycles. The predicted octanol–water partition coefficient (Wildman–Crippen LogP) is 5.08. The standard InChI is InChI=1S/C26H21ClN4O2S/c1-17-20(27)11-7-13-23(17)31-25(33)19-10-5-6-12-22(19)28-26(31)34-16-24(32)30-15-14-21(29-30)18-8-3-2-4-9-18/h2-13H,14-16H2,1H3. The lowest BCUT2D eigenvalue weighted by atomic mass is 10.1. The Morgan fingerprint density at radius 3 is 2.62 bits per heavy atom. The van der Waals surface area contributed by atoms with Gasteiger partial charge in [0.25, 0.3) is 11.5 Å². The number of nitrogens with zero attached hydrogens (tertiary/aromatic N) is 4. The normalized spacial score (nSPS) is 13.4. The Morgan fingerprint density at radius 1 is 1.03 bits per heavy atom. The summed E-state index contributed by atoms with van der Waals surface area (Å²) in [6.45, 7) is 2.40. The highest BCUT2D eigenvalue weighted by atomic mass is 35.5. The zero-order chi connectivity index (χ0) is 23.7. The molecule has 34 heavy (non-hydrogen) atoms. The molecule has 1 amide bonds. The van der Waals surface area contributed by atoms with Crippen molar-refractivity contribution in [3.05, 3.63) is 99.3 Å². The molecule has 1 aliphatic heterocycles. The van der Waals surface area contributed by atoms with Gasteiger partial charge in [-0.25, -0.2) is 9.99 Å². The zero-order valence-corrected chi connectivity index (χ0v) is 20.0. The van der Waals surface area contributed by atoms with Crippen LogP contribution in [0, 0.1) is 6.92 Å². The Morgan fingerprint density at radius 2 is 1.79 bits per heavy atom.